The number of rotatable bonds is 8. The fourth-order valence-electron chi connectivity index (χ4n) is 3.77. The van der Waals surface area contributed by atoms with Crippen molar-refractivity contribution in [1.29, 1.82) is 0 Å². The first kappa shape index (κ1) is 21.2. The Bertz CT molecular complexity index is 1070. The zero-order valence-corrected chi connectivity index (χ0v) is 18.0. The second-order valence-electron chi connectivity index (χ2n) is 7.93. The molecule has 31 heavy (non-hydrogen) atoms. The fourth-order valence-corrected chi connectivity index (χ4v) is 3.77. The van der Waals surface area contributed by atoms with Gasteiger partial charge in [0.2, 0.25) is 5.95 Å². The van der Waals surface area contributed by atoms with E-state index in [1.54, 1.807) is 4.57 Å². The number of piperazine rings is 1. The topological polar surface area (TPSA) is 114 Å². The number of benzene rings is 1. The van der Waals surface area contributed by atoms with Crippen LogP contribution in [-0.2, 0) is 13.1 Å². The fraction of sp³-hybridized carbons (Fsp3) is 0.455. The van der Waals surface area contributed by atoms with E-state index < -0.39 is 0 Å². The van der Waals surface area contributed by atoms with Crippen LogP contribution in [0.4, 0.5) is 11.8 Å². The molecule has 4 N–H and O–H groups in total. The van der Waals surface area contributed by atoms with Crippen molar-refractivity contribution in [2.75, 3.05) is 43.8 Å². The highest BCUT2D eigenvalue weighted by atomic mass is 16.1. The van der Waals surface area contributed by atoms with E-state index >= 15 is 0 Å². The van der Waals surface area contributed by atoms with Crippen LogP contribution in [-0.4, -0.2) is 57.1 Å². The molecule has 0 amide bonds. The highest BCUT2D eigenvalue weighted by Crippen LogP contribution is 2.16. The number of nitrogens with zero attached hydrogens (tertiary/aromatic N) is 5. The summed E-state index contributed by atoms with van der Waals surface area (Å²) < 4.78 is 1.60. The molecule has 4 rings (SSSR count). The molecule has 3 aromatic rings. The standard InChI is InChI=1S/C22H30N8O/c1-2-3-8-25-19-18-20(28-22(23)27-19)26-15-30(21(18)31)14-17-6-4-16(5-7-17)13-29-11-9-24-10-12-29/h4-7,15,24H,2-3,8-14H2,1H3,(H3,23,25,27,28). The first-order chi connectivity index (χ1) is 15.1. The average Bonchev–Trinajstić information content (AvgIpc) is 2.77. The van der Waals surface area contributed by atoms with Crippen LogP contribution in [0, 0.1) is 0 Å². The molecule has 0 bridgehead atoms. The minimum absolute atomic E-state index is 0.108. The third kappa shape index (κ3) is 5.18. The van der Waals surface area contributed by atoms with Crippen molar-refractivity contribution in [1.82, 2.24) is 29.7 Å². The zero-order valence-electron chi connectivity index (χ0n) is 18.0. The molecular formula is C22H30N8O. The lowest BCUT2D eigenvalue weighted by atomic mass is 10.1. The molecule has 1 aliphatic rings. The summed E-state index contributed by atoms with van der Waals surface area (Å²) in [5.74, 6) is 0.561. The third-order valence-electron chi connectivity index (χ3n) is 5.52. The quantitative estimate of drug-likeness (QED) is 0.467. The van der Waals surface area contributed by atoms with Crippen LogP contribution in [0.25, 0.3) is 11.0 Å². The Morgan fingerprint density at radius 3 is 2.52 bits per heavy atom. The maximum absolute atomic E-state index is 13.2. The maximum Gasteiger partial charge on any atom is 0.266 e. The summed E-state index contributed by atoms with van der Waals surface area (Å²) in [6, 6.07) is 8.43. The van der Waals surface area contributed by atoms with Gasteiger partial charge in [-0.1, -0.05) is 37.6 Å². The van der Waals surface area contributed by atoms with Gasteiger partial charge in [0, 0.05) is 39.3 Å². The van der Waals surface area contributed by atoms with Gasteiger partial charge in [-0.05, 0) is 17.5 Å². The highest BCUT2D eigenvalue weighted by Gasteiger charge is 2.14. The smallest absolute Gasteiger partial charge is 0.266 e. The van der Waals surface area contributed by atoms with Crippen LogP contribution < -0.4 is 21.9 Å². The number of aromatic nitrogens is 4. The number of nitrogens with two attached hydrogens (primary N) is 1. The van der Waals surface area contributed by atoms with Crippen molar-refractivity contribution < 1.29 is 0 Å². The van der Waals surface area contributed by atoms with Gasteiger partial charge in [0.05, 0.1) is 6.54 Å². The van der Waals surface area contributed by atoms with Crippen molar-refractivity contribution in [3.8, 4) is 0 Å². The lowest BCUT2D eigenvalue weighted by Crippen LogP contribution is -2.42. The Kier molecular flexibility index (Phi) is 6.73. The lowest BCUT2D eigenvalue weighted by Gasteiger charge is -2.27. The van der Waals surface area contributed by atoms with Crippen molar-refractivity contribution in [3.63, 3.8) is 0 Å². The predicted molar refractivity (Wildman–Crippen MR) is 123 cm³/mol. The minimum atomic E-state index is -0.172. The normalized spacial score (nSPS) is 14.7. The third-order valence-corrected chi connectivity index (χ3v) is 5.52. The highest BCUT2D eigenvalue weighted by molar-refractivity contribution is 5.86. The van der Waals surface area contributed by atoms with Crippen molar-refractivity contribution >= 4 is 22.8 Å². The molecule has 0 spiro atoms. The van der Waals surface area contributed by atoms with Crippen molar-refractivity contribution in [2.45, 2.75) is 32.9 Å². The number of nitrogen functional groups attached to an aromatic ring is 1. The SMILES string of the molecule is CCCCNc1nc(N)nc2ncn(Cc3ccc(CN4CCNCC4)cc3)c(=O)c12. The predicted octanol–water partition coefficient (Wildman–Crippen LogP) is 1.43. The van der Waals surface area contributed by atoms with Gasteiger partial charge in [0.25, 0.3) is 5.56 Å². The average molecular weight is 423 g/mol. The number of fused-ring (bicyclic) bond motifs is 1. The van der Waals surface area contributed by atoms with Gasteiger partial charge in [0.15, 0.2) is 5.65 Å². The molecule has 164 valence electrons. The van der Waals surface area contributed by atoms with E-state index in [1.807, 2.05) is 0 Å². The molecular weight excluding hydrogens is 392 g/mol. The molecule has 1 aliphatic heterocycles. The van der Waals surface area contributed by atoms with E-state index in [0.29, 0.717) is 29.9 Å². The van der Waals surface area contributed by atoms with Gasteiger partial charge >= 0.3 is 0 Å². The molecule has 1 saturated heterocycles. The van der Waals surface area contributed by atoms with Gasteiger partial charge in [-0.25, -0.2) is 4.98 Å². The van der Waals surface area contributed by atoms with E-state index in [0.717, 1.165) is 51.1 Å². The van der Waals surface area contributed by atoms with E-state index in [9.17, 15) is 4.79 Å². The summed E-state index contributed by atoms with van der Waals surface area (Å²) >= 11 is 0. The zero-order chi connectivity index (χ0) is 21.6. The molecule has 0 aliphatic carbocycles. The molecule has 0 atom stereocenters. The Morgan fingerprint density at radius 2 is 1.81 bits per heavy atom. The van der Waals surface area contributed by atoms with Crippen LogP contribution in [0.3, 0.4) is 0 Å². The number of nitrogens with one attached hydrogen (secondary N) is 2. The first-order valence-electron chi connectivity index (χ1n) is 10.9. The van der Waals surface area contributed by atoms with E-state index in [2.05, 4.69) is 61.7 Å². The molecule has 9 heteroatoms. The number of hydrogen-bond donors (Lipinski definition) is 3. The van der Waals surface area contributed by atoms with Crippen LogP contribution in [0.5, 0.6) is 0 Å². The van der Waals surface area contributed by atoms with Gasteiger partial charge in [-0.2, -0.15) is 9.97 Å². The Hall–Kier alpha value is -3.04. The van der Waals surface area contributed by atoms with Gasteiger partial charge in [-0.3, -0.25) is 14.3 Å². The number of hydrogen-bond acceptors (Lipinski definition) is 8. The van der Waals surface area contributed by atoms with Crippen LogP contribution in [0.2, 0.25) is 0 Å². The molecule has 0 unspecified atom stereocenters. The summed E-state index contributed by atoms with van der Waals surface area (Å²) in [4.78, 5) is 28.4. The number of unbranched alkanes of at least 4 members (excludes halogenated alkanes) is 1. The summed E-state index contributed by atoms with van der Waals surface area (Å²) in [5, 5.41) is 6.97. The molecule has 3 heterocycles. The maximum atomic E-state index is 13.2. The van der Waals surface area contributed by atoms with Crippen LogP contribution in [0.1, 0.15) is 30.9 Å². The summed E-state index contributed by atoms with van der Waals surface area (Å²) in [7, 11) is 0. The monoisotopic (exact) mass is 422 g/mol. The second kappa shape index (κ2) is 9.84. The largest absolute Gasteiger partial charge is 0.369 e. The Balaban J connectivity index is 1.54. The van der Waals surface area contributed by atoms with E-state index in [-0.39, 0.29) is 11.5 Å². The molecule has 1 aromatic carbocycles. The van der Waals surface area contributed by atoms with Crippen LogP contribution >= 0.6 is 0 Å². The van der Waals surface area contributed by atoms with Crippen molar-refractivity contribution in [3.05, 3.63) is 52.1 Å². The van der Waals surface area contributed by atoms with Gasteiger partial charge < -0.3 is 16.4 Å². The molecule has 2 aromatic heterocycles. The van der Waals surface area contributed by atoms with Crippen LogP contribution in [0.15, 0.2) is 35.4 Å². The molecule has 1 fully saturated rings. The lowest BCUT2D eigenvalue weighted by molar-refractivity contribution is 0.233. The van der Waals surface area contributed by atoms with E-state index in [1.165, 1.54) is 11.9 Å². The first-order valence-corrected chi connectivity index (χ1v) is 10.9. The van der Waals surface area contributed by atoms with Gasteiger partial charge in [0.1, 0.15) is 17.5 Å². The van der Waals surface area contributed by atoms with Crippen molar-refractivity contribution in [2.24, 2.45) is 0 Å². The minimum Gasteiger partial charge on any atom is -0.369 e. The Labute approximate surface area is 181 Å². The number of anilines is 2. The Morgan fingerprint density at radius 1 is 1.10 bits per heavy atom. The molecule has 9 nitrogen and oxygen atoms in total. The summed E-state index contributed by atoms with van der Waals surface area (Å²) in [5.41, 5.74) is 8.27. The second-order valence-corrected chi connectivity index (χ2v) is 7.93. The summed E-state index contributed by atoms with van der Waals surface area (Å²) in [6.45, 7) is 8.44. The molecule has 0 radical (unpaired) electrons. The molecule has 0 saturated carbocycles. The summed E-state index contributed by atoms with van der Waals surface area (Å²) in [6.07, 6.45) is 3.54. The van der Waals surface area contributed by atoms with E-state index in [4.69, 9.17) is 5.73 Å². The van der Waals surface area contributed by atoms with Gasteiger partial charge in [-0.15, -0.1) is 0 Å².